The van der Waals surface area contributed by atoms with Crippen LogP contribution in [-0.2, 0) is 16.4 Å². The fraction of sp³-hybridized carbons (Fsp3) is 0.500. The predicted molar refractivity (Wildman–Crippen MR) is 115 cm³/mol. The largest absolute Gasteiger partial charge is 0.446 e. The second-order valence-corrected chi connectivity index (χ2v) is 10.4. The van der Waals surface area contributed by atoms with Gasteiger partial charge in [0.05, 0.1) is 17.6 Å². The summed E-state index contributed by atoms with van der Waals surface area (Å²) < 4.78 is 70.8. The Labute approximate surface area is 190 Å². The molecule has 1 fully saturated rings. The van der Waals surface area contributed by atoms with E-state index in [1.54, 1.807) is 0 Å². The molecule has 1 aliphatic heterocycles. The quantitative estimate of drug-likeness (QED) is 0.654. The molecule has 2 heterocycles. The number of carbonyl (C=O) groups excluding carboxylic acids is 1. The molecule has 1 aromatic carbocycles. The molecule has 2 aliphatic rings. The summed E-state index contributed by atoms with van der Waals surface area (Å²) in [7, 11) is -4.11. The number of furan rings is 1. The van der Waals surface area contributed by atoms with Crippen LogP contribution in [0.1, 0.15) is 48.6 Å². The number of halogens is 3. The van der Waals surface area contributed by atoms with Gasteiger partial charge in [0, 0.05) is 19.2 Å². The summed E-state index contributed by atoms with van der Waals surface area (Å²) in [4.78, 5) is 12.6. The van der Waals surface area contributed by atoms with Crippen LogP contribution >= 0.6 is 0 Å². The third-order valence-electron chi connectivity index (χ3n) is 6.33. The van der Waals surface area contributed by atoms with Crippen molar-refractivity contribution in [1.82, 2.24) is 9.62 Å². The number of rotatable bonds is 4. The molecule has 0 radical (unpaired) electrons. The smallest absolute Gasteiger partial charge is 0.391 e. The van der Waals surface area contributed by atoms with Crippen LogP contribution in [0.4, 0.5) is 23.7 Å². The summed E-state index contributed by atoms with van der Waals surface area (Å²) in [6, 6.07) is 8.46. The Morgan fingerprint density at radius 1 is 1.15 bits per heavy atom. The number of sulfonamides is 1. The van der Waals surface area contributed by atoms with E-state index in [9.17, 15) is 26.4 Å². The molecule has 1 saturated heterocycles. The molecule has 33 heavy (non-hydrogen) atoms. The molecule has 2 aromatic rings. The molecule has 7 nitrogen and oxygen atoms in total. The van der Waals surface area contributed by atoms with E-state index < -0.39 is 33.2 Å². The topological polar surface area (TPSA) is 91.7 Å². The Hall–Kier alpha value is -2.53. The predicted octanol–water partition coefficient (Wildman–Crippen LogP) is 4.75. The number of anilines is 1. The minimum Gasteiger partial charge on any atom is -0.446 e. The Balaban J connectivity index is 1.42. The number of hydrogen-bond donors (Lipinski definition) is 2. The lowest BCUT2D eigenvalue weighted by atomic mass is 9.88. The van der Waals surface area contributed by atoms with Crippen LogP contribution < -0.4 is 10.6 Å². The van der Waals surface area contributed by atoms with Crippen LogP contribution in [0.15, 0.2) is 39.8 Å². The third-order valence-corrected chi connectivity index (χ3v) is 8.08. The zero-order valence-electron chi connectivity index (χ0n) is 18.1. The lowest BCUT2D eigenvalue weighted by Crippen LogP contribution is -2.41. The number of nitrogens with one attached hydrogen (secondary N) is 2. The first-order valence-electron chi connectivity index (χ1n) is 10.9. The van der Waals surface area contributed by atoms with Crippen molar-refractivity contribution in [3.8, 4) is 0 Å². The zero-order chi connectivity index (χ0) is 23.8. The molecule has 0 bridgehead atoms. The molecule has 180 valence electrons. The molecule has 0 saturated carbocycles. The van der Waals surface area contributed by atoms with Gasteiger partial charge in [-0.2, -0.15) is 17.5 Å². The van der Waals surface area contributed by atoms with E-state index in [1.165, 1.54) is 18.6 Å². The molecule has 2 N–H and O–H groups in total. The maximum Gasteiger partial charge on any atom is 0.391 e. The first kappa shape index (κ1) is 23.6. The van der Waals surface area contributed by atoms with Crippen molar-refractivity contribution in [2.75, 3.05) is 18.4 Å². The first-order valence-corrected chi connectivity index (χ1v) is 12.3. The SMILES string of the molecule is Cc1oc(S(=O)(=O)N2CCC(C(F)(F)F)CC2)cc1NC(=O)N[C@@H]1CCCc2ccccc21. The van der Waals surface area contributed by atoms with Crippen molar-refractivity contribution in [1.29, 1.82) is 0 Å². The van der Waals surface area contributed by atoms with E-state index in [0.29, 0.717) is 0 Å². The van der Waals surface area contributed by atoms with Gasteiger partial charge >= 0.3 is 12.2 Å². The number of piperidine rings is 1. The van der Waals surface area contributed by atoms with Crippen molar-refractivity contribution < 1.29 is 30.8 Å². The van der Waals surface area contributed by atoms with E-state index in [1.807, 2.05) is 24.3 Å². The van der Waals surface area contributed by atoms with Gasteiger partial charge in [0.1, 0.15) is 5.76 Å². The number of benzene rings is 1. The zero-order valence-corrected chi connectivity index (χ0v) is 18.9. The molecular weight excluding hydrogens is 459 g/mol. The molecule has 1 aromatic heterocycles. The van der Waals surface area contributed by atoms with E-state index in [-0.39, 0.29) is 43.4 Å². The number of amides is 2. The highest BCUT2D eigenvalue weighted by Crippen LogP contribution is 2.36. The standard InChI is InChI=1S/C22H26F3N3O4S/c1-14-19(27-21(29)26-18-8-4-6-15-5-2-3-7-17(15)18)13-20(32-14)33(30,31)28-11-9-16(10-12-28)22(23,24)25/h2-3,5,7,13,16,18H,4,6,8-12H2,1H3,(H2,26,27,29)/t18-/m1/s1. The van der Waals surface area contributed by atoms with Gasteiger partial charge in [-0.25, -0.2) is 13.2 Å². The molecule has 0 unspecified atom stereocenters. The number of nitrogens with zero attached hydrogens (tertiary/aromatic N) is 1. The van der Waals surface area contributed by atoms with Crippen molar-refractivity contribution in [3.63, 3.8) is 0 Å². The maximum atomic E-state index is 12.9. The Kier molecular flexibility index (Phi) is 6.45. The van der Waals surface area contributed by atoms with E-state index in [0.717, 1.165) is 29.1 Å². The second kappa shape index (κ2) is 9.02. The first-order chi connectivity index (χ1) is 15.6. The van der Waals surface area contributed by atoms with E-state index in [2.05, 4.69) is 10.6 Å². The molecule has 11 heteroatoms. The fourth-order valence-corrected chi connectivity index (χ4v) is 5.92. The average Bonchev–Trinajstić information content (AvgIpc) is 3.14. The number of hydrogen-bond acceptors (Lipinski definition) is 4. The lowest BCUT2D eigenvalue weighted by molar-refractivity contribution is -0.182. The molecular formula is C22H26F3N3O4S. The minimum atomic E-state index is -4.33. The highest BCUT2D eigenvalue weighted by Gasteiger charge is 2.43. The molecule has 4 rings (SSSR count). The molecule has 1 aliphatic carbocycles. The summed E-state index contributed by atoms with van der Waals surface area (Å²) in [6.45, 7) is 1.04. The van der Waals surface area contributed by atoms with Gasteiger partial charge in [0.25, 0.3) is 10.0 Å². The van der Waals surface area contributed by atoms with Gasteiger partial charge in [0.15, 0.2) is 0 Å². The number of carbonyl (C=O) groups is 1. The summed E-state index contributed by atoms with van der Waals surface area (Å²) in [5.74, 6) is -1.31. The minimum absolute atomic E-state index is 0.153. The van der Waals surface area contributed by atoms with Gasteiger partial charge < -0.3 is 15.1 Å². The highest BCUT2D eigenvalue weighted by molar-refractivity contribution is 7.89. The fourth-order valence-electron chi connectivity index (χ4n) is 4.48. The van der Waals surface area contributed by atoms with Crippen LogP contribution in [0, 0.1) is 12.8 Å². The van der Waals surface area contributed by atoms with Crippen molar-refractivity contribution in [3.05, 3.63) is 47.2 Å². The van der Waals surface area contributed by atoms with Gasteiger partial charge in [-0.3, -0.25) is 0 Å². The summed E-state index contributed by atoms with van der Waals surface area (Å²) >= 11 is 0. The normalized spacial score (nSPS) is 20.3. The molecule has 2 amide bonds. The highest BCUT2D eigenvalue weighted by atomic mass is 32.2. The third kappa shape index (κ3) is 5.03. The van der Waals surface area contributed by atoms with Crippen molar-refractivity contribution >= 4 is 21.7 Å². The number of fused-ring (bicyclic) bond motifs is 1. The van der Waals surface area contributed by atoms with Gasteiger partial charge in [-0.05, 0) is 50.2 Å². The monoisotopic (exact) mass is 485 g/mol. The van der Waals surface area contributed by atoms with Gasteiger partial charge in [0.2, 0.25) is 5.09 Å². The van der Waals surface area contributed by atoms with E-state index in [4.69, 9.17) is 4.42 Å². The number of urea groups is 1. The summed E-state index contributed by atoms with van der Waals surface area (Å²) in [6.07, 6.45) is -2.22. The van der Waals surface area contributed by atoms with Crippen LogP contribution in [0.2, 0.25) is 0 Å². The Morgan fingerprint density at radius 2 is 1.85 bits per heavy atom. The Bertz CT molecular complexity index is 1120. The van der Waals surface area contributed by atoms with Crippen LogP contribution in [-0.4, -0.2) is 38.0 Å². The lowest BCUT2D eigenvalue weighted by Gasteiger charge is -2.31. The van der Waals surface area contributed by atoms with E-state index >= 15 is 0 Å². The number of aryl methyl sites for hydroxylation is 2. The second-order valence-electron chi connectivity index (χ2n) is 8.50. The van der Waals surface area contributed by atoms with Crippen LogP contribution in [0.25, 0.3) is 0 Å². The number of alkyl halides is 3. The molecule has 1 atom stereocenters. The summed E-state index contributed by atoms with van der Waals surface area (Å²) in [5, 5.41) is 5.16. The Morgan fingerprint density at radius 3 is 2.55 bits per heavy atom. The van der Waals surface area contributed by atoms with Gasteiger partial charge in [-0.15, -0.1) is 0 Å². The molecule has 0 spiro atoms. The van der Waals surface area contributed by atoms with Crippen molar-refractivity contribution in [2.45, 2.75) is 56.3 Å². The average molecular weight is 486 g/mol. The maximum absolute atomic E-state index is 12.9. The van der Waals surface area contributed by atoms with Crippen molar-refractivity contribution in [2.24, 2.45) is 5.92 Å². The van der Waals surface area contributed by atoms with Gasteiger partial charge in [-0.1, -0.05) is 24.3 Å². The van der Waals surface area contributed by atoms with Crippen LogP contribution in [0.3, 0.4) is 0 Å². The summed E-state index contributed by atoms with van der Waals surface area (Å²) in [5.41, 5.74) is 2.45. The van der Waals surface area contributed by atoms with Crippen LogP contribution in [0.5, 0.6) is 0 Å².